The highest BCUT2D eigenvalue weighted by atomic mass is 32.2. The number of nitrogens with one attached hydrogen (secondary N) is 1. The van der Waals surface area contributed by atoms with E-state index in [0.29, 0.717) is 6.54 Å². The number of aromatic carboxylic acids is 1. The Bertz CT molecular complexity index is 623. The number of likely N-dealkylation sites (N-methyl/N-ethyl adjacent to an activating group) is 1. The van der Waals surface area contributed by atoms with Gasteiger partial charge in [0, 0.05) is 25.8 Å². The number of likely N-dealkylation sites (tertiary alicyclic amines) is 1. The number of hydrogen-bond donors (Lipinski definition) is 2. The number of hydrogen-bond acceptors (Lipinski definition) is 4. The molecule has 2 N–H and O–H groups in total. The molecule has 0 spiro atoms. The number of carbonyl (C=O) groups is 1. The molecular formula is C13H21N3O4S. The molecule has 1 aliphatic rings. The van der Waals surface area contributed by atoms with Gasteiger partial charge in [-0.15, -0.1) is 0 Å². The third kappa shape index (κ3) is 3.63. The van der Waals surface area contributed by atoms with Crippen molar-refractivity contribution in [1.29, 1.82) is 0 Å². The molecule has 0 radical (unpaired) electrons. The molecule has 7 nitrogen and oxygen atoms in total. The van der Waals surface area contributed by atoms with Crippen LogP contribution in [0.1, 0.15) is 29.8 Å². The summed E-state index contributed by atoms with van der Waals surface area (Å²) in [6.07, 6.45) is 4.52. The van der Waals surface area contributed by atoms with E-state index in [4.69, 9.17) is 5.11 Å². The molecule has 1 atom stereocenters. The Morgan fingerprint density at radius 2 is 2.14 bits per heavy atom. The predicted octanol–water partition coefficient (Wildman–Crippen LogP) is 0.486. The van der Waals surface area contributed by atoms with Crippen molar-refractivity contribution in [3.8, 4) is 0 Å². The average molecular weight is 315 g/mol. The van der Waals surface area contributed by atoms with Crippen molar-refractivity contribution < 1.29 is 18.3 Å². The summed E-state index contributed by atoms with van der Waals surface area (Å²) in [5.41, 5.74) is -0.0508. The van der Waals surface area contributed by atoms with Crippen LogP contribution in [0.15, 0.2) is 17.2 Å². The van der Waals surface area contributed by atoms with Gasteiger partial charge in [-0.3, -0.25) is 0 Å². The van der Waals surface area contributed by atoms with Crippen LogP contribution in [-0.4, -0.2) is 55.1 Å². The lowest BCUT2D eigenvalue weighted by molar-refractivity contribution is 0.0686. The molecule has 1 saturated heterocycles. The minimum atomic E-state index is -3.68. The summed E-state index contributed by atoms with van der Waals surface area (Å²) in [6.45, 7) is 1.32. The van der Waals surface area contributed by atoms with E-state index in [-0.39, 0.29) is 16.6 Å². The second-order valence-electron chi connectivity index (χ2n) is 5.46. The number of sulfonamides is 1. The summed E-state index contributed by atoms with van der Waals surface area (Å²) in [5.74, 6) is -1.15. The predicted molar refractivity (Wildman–Crippen MR) is 77.8 cm³/mol. The van der Waals surface area contributed by atoms with Gasteiger partial charge in [0.1, 0.15) is 10.6 Å². The van der Waals surface area contributed by atoms with Gasteiger partial charge in [-0.1, -0.05) is 6.42 Å². The fourth-order valence-electron chi connectivity index (χ4n) is 2.59. The molecule has 0 amide bonds. The van der Waals surface area contributed by atoms with E-state index >= 15 is 0 Å². The van der Waals surface area contributed by atoms with Crippen LogP contribution in [0.2, 0.25) is 0 Å². The maximum absolute atomic E-state index is 12.2. The minimum absolute atomic E-state index is 0.0131. The highest BCUT2D eigenvalue weighted by Gasteiger charge is 2.24. The highest BCUT2D eigenvalue weighted by Crippen LogP contribution is 2.16. The molecule has 118 valence electrons. The van der Waals surface area contributed by atoms with Crippen LogP contribution in [0.5, 0.6) is 0 Å². The number of piperidine rings is 1. The Labute approximate surface area is 124 Å². The first-order chi connectivity index (χ1) is 9.81. The fourth-order valence-corrected chi connectivity index (χ4v) is 3.73. The molecule has 1 unspecified atom stereocenters. The zero-order chi connectivity index (χ0) is 15.6. The maximum atomic E-state index is 12.2. The fraction of sp³-hybridized carbons (Fsp3) is 0.615. The summed E-state index contributed by atoms with van der Waals surface area (Å²) in [4.78, 5) is 13.1. The molecule has 8 heteroatoms. The van der Waals surface area contributed by atoms with Gasteiger partial charge >= 0.3 is 5.97 Å². The highest BCUT2D eigenvalue weighted by molar-refractivity contribution is 7.89. The first-order valence-electron chi connectivity index (χ1n) is 6.91. The van der Waals surface area contributed by atoms with Crippen LogP contribution in [0.3, 0.4) is 0 Å². The smallest absolute Gasteiger partial charge is 0.352 e. The molecule has 1 aromatic rings. The van der Waals surface area contributed by atoms with Crippen LogP contribution in [0, 0.1) is 0 Å². The maximum Gasteiger partial charge on any atom is 0.352 e. The molecule has 1 aliphatic heterocycles. The molecule has 0 aliphatic carbocycles. The normalized spacial score (nSPS) is 20.6. The molecule has 2 heterocycles. The third-order valence-corrected chi connectivity index (χ3v) is 5.33. The van der Waals surface area contributed by atoms with Crippen molar-refractivity contribution in [1.82, 2.24) is 14.2 Å². The lowest BCUT2D eigenvalue weighted by Gasteiger charge is -2.32. The Kier molecular flexibility index (Phi) is 4.70. The van der Waals surface area contributed by atoms with Crippen LogP contribution < -0.4 is 4.72 Å². The van der Waals surface area contributed by atoms with Gasteiger partial charge in [-0.2, -0.15) is 0 Å². The molecule has 0 bridgehead atoms. The second kappa shape index (κ2) is 6.17. The molecule has 1 fully saturated rings. The van der Waals surface area contributed by atoms with Crippen LogP contribution in [0.25, 0.3) is 0 Å². The standard InChI is InChI=1S/C13H21N3O4S/c1-15-6-4-3-5-10(15)8-14-21(19,20)11-7-12(13(17)18)16(2)9-11/h7,9-10,14H,3-6,8H2,1-2H3,(H,17,18). The number of aromatic nitrogens is 1. The number of rotatable bonds is 5. The molecule has 2 rings (SSSR count). The van der Waals surface area contributed by atoms with E-state index in [9.17, 15) is 13.2 Å². The molecule has 0 saturated carbocycles. The van der Waals surface area contributed by atoms with Gasteiger partial charge < -0.3 is 14.6 Å². The third-order valence-electron chi connectivity index (χ3n) is 3.94. The zero-order valence-electron chi connectivity index (χ0n) is 12.2. The van der Waals surface area contributed by atoms with Crippen molar-refractivity contribution >= 4 is 16.0 Å². The van der Waals surface area contributed by atoms with E-state index in [0.717, 1.165) is 25.8 Å². The average Bonchev–Trinajstić information content (AvgIpc) is 2.81. The van der Waals surface area contributed by atoms with E-state index in [2.05, 4.69) is 9.62 Å². The van der Waals surface area contributed by atoms with E-state index in [1.54, 1.807) is 0 Å². The van der Waals surface area contributed by atoms with Gasteiger partial charge in [0.15, 0.2) is 0 Å². The number of nitrogens with zero attached hydrogens (tertiary/aromatic N) is 2. The van der Waals surface area contributed by atoms with Gasteiger partial charge in [0.2, 0.25) is 10.0 Å². The van der Waals surface area contributed by atoms with Gasteiger partial charge in [-0.25, -0.2) is 17.9 Å². The zero-order valence-corrected chi connectivity index (χ0v) is 13.1. The Morgan fingerprint density at radius 3 is 2.71 bits per heavy atom. The van der Waals surface area contributed by atoms with Gasteiger partial charge in [0.25, 0.3) is 0 Å². The van der Waals surface area contributed by atoms with Crippen molar-refractivity contribution in [2.45, 2.75) is 30.2 Å². The topological polar surface area (TPSA) is 91.6 Å². The van der Waals surface area contributed by atoms with Crippen molar-refractivity contribution in [3.63, 3.8) is 0 Å². The number of aryl methyl sites for hydroxylation is 1. The largest absolute Gasteiger partial charge is 0.477 e. The van der Waals surface area contributed by atoms with Crippen LogP contribution in [0.4, 0.5) is 0 Å². The second-order valence-corrected chi connectivity index (χ2v) is 7.23. The molecular weight excluding hydrogens is 294 g/mol. The monoisotopic (exact) mass is 315 g/mol. The summed E-state index contributed by atoms with van der Waals surface area (Å²) in [7, 11) is -0.179. The minimum Gasteiger partial charge on any atom is -0.477 e. The van der Waals surface area contributed by atoms with Crippen LogP contribution in [-0.2, 0) is 17.1 Å². The molecule has 21 heavy (non-hydrogen) atoms. The first-order valence-corrected chi connectivity index (χ1v) is 8.39. The van der Waals surface area contributed by atoms with E-state index < -0.39 is 16.0 Å². The summed E-state index contributed by atoms with van der Waals surface area (Å²) >= 11 is 0. The summed E-state index contributed by atoms with van der Waals surface area (Å²) in [5, 5.41) is 8.97. The van der Waals surface area contributed by atoms with E-state index in [1.165, 1.54) is 23.9 Å². The van der Waals surface area contributed by atoms with Crippen molar-refractivity contribution in [3.05, 3.63) is 18.0 Å². The summed E-state index contributed by atoms with van der Waals surface area (Å²) < 4.78 is 28.3. The SMILES string of the molecule is CN1CCCCC1CNS(=O)(=O)c1cc(C(=O)O)n(C)c1. The lowest BCUT2D eigenvalue weighted by atomic mass is 10.0. The Balaban J connectivity index is 2.08. The Morgan fingerprint density at radius 1 is 1.43 bits per heavy atom. The summed E-state index contributed by atoms with van der Waals surface area (Å²) in [6, 6.07) is 1.37. The van der Waals surface area contributed by atoms with Crippen molar-refractivity contribution in [2.24, 2.45) is 7.05 Å². The first kappa shape index (κ1) is 16.0. The molecule has 0 aromatic carbocycles. The quantitative estimate of drug-likeness (QED) is 0.825. The number of carboxylic acid groups (broad SMARTS) is 1. The van der Waals surface area contributed by atoms with Crippen LogP contribution >= 0.6 is 0 Å². The lowest BCUT2D eigenvalue weighted by Crippen LogP contribution is -2.44. The molecule has 1 aromatic heterocycles. The van der Waals surface area contributed by atoms with Gasteiger partial charge in [0.05, 0.1) is 0 Å². The van der Waals surface area contributed by atoms with E-state index in [1.807, 2.05) is 7.05 Å². The Hall–Kier alpha value is -1.38. The van der Waals surface area contributed by atoms with Gasteiger partial charge in [-0.05, 0) is 32.5 Å². The number of carboxylic acids is 1. The van der Waals surface area contributed by atoms with Crippen molar-refractivity contribution in [2.75, 3.05) is 20.1 Å².